The van der Waals surface area contributed by atoms with E-state index in [-0.39, 0.29) is 31.0 Å². The molecule has 0 aliphatic heterocycles. The monoisotopic (exact) mass is 276 g/mol. The van der Waals surface area contributed by atoms with Crippen molar-refractivity contribution in [2.75, 3.05) is 13.2 Å². The molecule has 0 bridgehead atoms. The predicted octanol–water partition coefficient (Wildman–Crippen LogP) is 1.41. The molecule has 0 fully saturated rings. The van der Waals surface area contributed by atoms with E-state index >= 15 is 0 Å². The SMILES string of the molecule is Cc1cc(C(=O)O)cc(C)c1OCC(=O)NCCC#N. The number of nitrogens with one attached hydrogen (secondary N) is 1. The summed E-state index contributed by atoms with van der Waals surface area (Å²) < 4.78 is 5.41. The summed E-state index contributed by atoms with van der Waals surface area (Å²) in [5.41, 5.74) is 1.50. The van der Waals surface area contributed by atoms with Gasteiger partial charge in [-0.1, -0.05) is 0 Å². The molecule has 0 heterocycles. The van der Waals surface area contributed by atoms with E-state index in [1.807, 2.05) is 6.07 Å². The first-order valence-corrected chi connectivity index (χ1v) is 6.06. The van der Waals surface area contributed by atoms with Crippen LogP contribution >= 0.6 is 0 Å². The minimum absolute atomic E-state index is 0.167. The van der Waals surface area contributed by atoms with Crippen LogP contribution in [0.4, 0.5) is 0 Å². The summed E-state index contributed by atoms with van der Waals surface area (Å²) in [6, 6.07) is 4.92. The Morgan fingerprint density at radius 2 is 1.95 bits per heavy atom. The molecular formula is C14H16N2O4. The number of carboxylic acids is 1. The van der Waals surface area contributed by atoms with Crippen molar-refractivity contribution >= 4 is 11.9 Å². The standard InChI is InChI=1S/C14H16N2O4/c1-9-6-11(14(18)19)7-10(2)13(9)20-8-12(17)16-5-3-4-15/h6-7H,3,5,8H2,1-2H3,(H,16,17)(H,18,19). The third-order valence-corrected chi connectivity index (χ3v) is 2.61. The molecule has 6 heteroatoms. The van der Waals surface area contributed by atoms with Crippen LogP contribution in [0.3, 0.4) is 0 Å². The average molecular weight is 276 g/mol. The van der Waals surface area contributed by atoms with E-state index in [4.69, 9.17) is 15.1 Å². The third-order valence-electron chi connectivity index (χ3n) is 2.61. The lowest BCUT2D eigenvalue weighted by atomic mass is 10.1. The number of nitriles is 1. The molecule has 1 amide bonds. The molecule has 0 unspecified atom stereocenters. The quantitative estimate of drug-likeness (QED) is 0.765. The van der Waals surface area contributed by atoms with Crippen LogP contribution in [0.5, 0.6) is 5.75 Å². The highest BCUT2D eigenvalue weighted by Gasteiger charge is 2.11. The highest BCUT2D eigenvalue weighted by Crippen LogP contribution is 2.24. The fraction of sp³-hybridized carbons (Fsp3) is 0.357. The molecule has 0 radical (unpaired) electrons. The molecule has 1 aromatic carbocycles. The Hall–Kier alpha value is -2.55. The molecule has 0 atom stereocenters. The van der Waals surface area contributed by atoms with Gasteiger partial charge in [-0.2, -0.15) is 5.26 Å². The number of hydrogen-bond donors (Lipinski definition) is 2. The maximum atomic E-state index is 11.4. The molecule has 6 nitrogen and oxygen atoms in total. The molecule has 106 valence electrons. The molecular weight excluding hydrogens is 260 g/mol. The number of rotatable bonds is 6. The van der Waals surface area contributed by atoms with E-state index in [1.165, 1.54) is 12.1 Å². The van der Waals surface area contributed by atoms with Gasteiger partial charge in [0.05, 0.1) is 18.1 Å². The number of aryl methyl sites for hydroxylation is 2. The Bertz CT molecular complexity index is 538. The first-order chi connectivity index (χ1) is 9.45. The number of amides is 1. The van der Waals surface area contributed by atoms with Crippen LogP contribution in [0.2, 0.25) is 0 Å². The lowest BCUT2D eigenvalue weighted by Gasteiger charge is -2.12. The number of carboxylic acid groups (broad SMARTS) is 1. The molecule has 0 aliphatic carbocycles. The van der Waals surface area contributed by atoms with Crippen LogP contribution in [0.15, 0.2) is 12.1 Å². The molecule has 0 saturated heterocycles. The van der Waals surface area contributed by atoms with Gasteiger partial charge in [0.2, 0.25) is 0 Å². The molecule has 1 rings (SSSR count). The van der Waals surface area contributed by atoms with Crippen LogP contribution in [0.25, 0.3) is 0 Å². The summed E-state index contributed by atoms with van der Waals surface area (Å²) in [6.45, 7) is 3.57. The van der Waals surface area contributed by atoms with Crippen molar-refractivity contribution < 1.29 is 19.4 Å². The van der Waals surface area contributed by atoms with Crippen molar-refractivity contribution in [1.82, 2.24) is 5.32 Å². The second kappa shape index (κ2) is 7.14. The Morgan fingerprint density at radius 1 is 1.35 bits per heavy atom. The lowest BCUT2D eigenvalue weighted by molar-refractivity contribution is -0.123. The van der Waals surface area contributed by atoms with Crippen molar-refractivity contribution in [3.8, 4) is 11.8 Å². The van der Waals surface area contributed by atoms with E-state index in [2.05, 4.69) is 5.32 Å². The molecule has 0 spiro atoms. The topological polar surface area (TPSA) is 99.4 Å². The largest absolute Gasteiger partial charge is 0.483 e. The Balaban J connectivity index is 2.67. The highest BCUT2D eigenvalue weighted by atomic mass is 16.5. The minimum atomic E-state index is -1.00. The number of ether oxygens (including phenoxy) is 1. The van der Waals surface area contributed by atoms with Crippen LogP contribution in [0.1, 0.15) is 27.9 Å². The van der Waals surface area contributed by atoms with E-state index in [0.717, 1.165) is 0 Å². The minimum Gasteiger partial charge on any atom is -0.483 e. The number of aromatic carboxylic acids is 1. The van der Waals surface area contributed by atoms with Gasteiger partial charge in [0.25, 0.3) is 5.91 Å². The van der Waals surface area contributed by atoms with Crippen molar-refractivity contribution in [3.05, 3.63) is 28.8 Å². The van der Waals surface area contributed by atoms with Gasteiger partial charge in [-0.15, -0.1) is 0 Å². The van der Waals surface area contributed by atoms with Gasteiger partial charge in [0.15, 0.2) is 6.61 Å². The number of carbonyl (C=O) groups excluding carboxylic acids is 1. The highest BCUT2D eigenvalue weighted by molar-refractivity contribution is 5.88. The van der Waals surface area contributed by atoms with Crippen LogP contribution < -0.4 is 10.1 Å². The van der Waals surface area contributed by atoms with E-state index in [1.54, 1.807) is 13.8 Å². The number of nitrogens with zero attached hydrogens (tertiary/aromatic N) is 1. The zero-order valence-corrected chi connectivity index (χ0v) is 11.4. The van der Waals surface area contributed by atoms with E-state index in [0.29, 0.717) is 16.9 Å². The summed E-state index contributed by atoms with van der Waals surface area (Å²) in [4.78, 5) is 22.3. The third kappa shape index (κ3) is 4.28. The number of benzene rings is 1. The van der Waals surface area contributed by atoms with Gasteiger partial charge in [-0.3, -0.25) is 4.79 Å². The second-order valence-corrected chi connectivity index (χ2v) is 4.29. The van der Waals surface area contributed by atoms with Gasteiger partial charge in [-0.25, -0.2) is 4.79 Å². The Kier molecular flexibility index (Phi) is 5.54. The van der Waals surface area contributed by atoms with Crippen LogP contribution in [-0.4, -0.2) is 30.1 Å². The Morgan fingerprint density at radius 3 is 2.45 bits per heavy atom. The van der Waals surface area contributed by atoms with Gasteiger partial charge >= 0.3 is 5.97 Å². The van der Waals surface area contributed by atoms with E-state index in [9.17, 15) is 9.59 Å². The summed E-state index contributed by atoms with van der Waals surface area (Å²) in [5, 5.41) is 19.8. The molecule has 20 heavy (non-hydrogen) atoms. The number of hydrogen-bond acceptors (Lipinski definition) is 4. The molecule has 1 aromatic rings. The van der Waals surface area contributed by atoms with Crippen molar-refractivity contribution in [1.29, 1.82) is 5.26 Å². The lowest BCUT2D eigenvalue weighted by Crippen LogP contribution is -2.29. The number of carbonyl (C=O) groups is 2. The van der Waals surface area contributed by atoms with Gasteiger partial charge in [0.1, 0.15) is 5.75 Å². The molecule has 0 aliphatic rings. The summed E-state index contributed by atoms with van der Waals surface area (Å²) in [5.74, 6) is -0.816. The molecule has 0 aromatic heterocycles. The summed E-state index contributed by atoms with van der Waals surface area (Å²) in [6.07, 6.45) is 0.247. The van der Waals surface area contributed by atoms with Gasteiger partial charge in [-0.05, 0) is 37.1 Å². The fourth-order valence-corrected chi connectivity index (χ4v) is 1.75. The maximum Gasteiger partial charge on any atom is 0.335 e. The van der Waals surface area contributed by atoms with Gasteiger partial charge in [0, 0.05) is 6.54 Å². The summed E-state index contributed by atoms with van der Waals surface area (Å²) in [7, 11) is 0. The second-order valence-electron chi connectivity index (χ2n) is 4.29. The maximum absolute atomic E-state index is 11.4. The van der Waals surface area contributed by atoms with Crippen LogP contribution in [0, 0.1) is 25.2 Å². The molecule has 0 saturated carbocycles. The normalized spacial score (nSPS) is 9.65. The zero-order valence-electron chi connectivity index (χ0n) is 11.4. The summed E-state index contributed by atoms with van der Waals surface area (Å²) >= 11 is 0. The first kappa shape index (κ1) is 15.5. The van der Waals surface area contributed by atoms with Crippen molar-refractivity contribution in [2.45, 2.75) is 20.3 Å². The fourth-order valence-electron chi connectivity index (χ4n) is 1.75. The van der Waals surface area contributed by atoms with Crippen molar-refractivity contribution in [2.24, 2.45) is 0 Å². The van der Waals surface area contributed by atoms with Crippen molar-refractivity contribution in [3.63, 3.8) is 0 Å². The zero-order chi connectivity index (χ0) is 15.1. The van der Waals surface area contributed by atoms with E-state index < -0.39 is 5.97 Å². The molecule has 2 N–H and O–H groups in total. The van der Waals surface area contributed by atoms with Crippen LogP contribution in [-0.2, 0) is 4.79 Å². The van der Waals surface area contributed by atoms with Gasteiger partial charge < -0.3 is 15.2 Å². The predicted molar refractivity (Wildman–Crippen MR) is 71.6 cm³/mol. The first-order valence-electron chi connectivity index (χ1n) is 6.06. The average Bonchev–Trinajstić information content (AvgIpc) is 2.37. The Labute approximate surface area is 117 Å². The smallest absolute Gasteiger partial charge is 0.335 e.